The topological polar surface area (TPSA) is 59.7 Å². The zero-order chi connectivity index (χ0) is 13.2. The van der Waals surface area contributed by atoms with Gasteiger partial charge in [-0.1, -0.05) is 18.3 Å². The molecule has 19 heavy (non-hydrogen) atoms. The average molecular weight is 280 g/mol. The fraction of sp³-hybridized carbons (Fsp3) is 0.583. The molecule has 7 heteroatoms. The fourth-order valence-electron chi connectivity index (χ4n) is 2.11. The van der Waals surface area contributed by atoms with Crippen LogP contribution < -0.4 is 5.56 Å². The predicted molar refractivity (Wildman–Crippen MR) is 72.6 cm³/mol. The summed E-state index contributed by atoms with van der Waals surface area (Å²) in [5, 5.41) is 5.18. The Morgan fingerprint density at radius 3 is 2.95 bits per heavy atom. The second-order valence-corrected chi connectivity index (χ2v) is 5.56. The Hall–Kier alpha value is -1.31. The van der Waals surface area contributed by atoms with E-state index in [9.17, 15) is 4.79 Å². The normalized spacial score (nSPS) is 17.1. The molecule has 0 saturated carbocycles. The molecule has 1 fully saturated rings. The highest BCUT2D eigenvalue weighted by Gasteiger charge is 2.13. The van der Waals surface area contributed by atoms with Gasteiger partial charge in [0.05, 0.1) is 18.9 Å². The molecule has 1 saturated heterocycles. The van der Waals surface area contributed by atoms with E-state index in [1.807, 2.05) is 6.92 Å². The quantitative estimate of drug-likeness (QED) is 0.821. The van der Waals surface area contributed by atoms with E-state index in [1.165, 1.54) is 15.9 Å². The largest absolute Gasteiger partial charge is 0.379 e. The number of nitrogens with zero attached hydrogens (tertiary/aromatic N) is 4. The van der Waals surface area contributed by atoms with Crippen LogP contribution in [-0.4, -0.2) is 45.8 Å². The number of hydrogen-bond donors (Lipinski definition) is 0. The Bertz CT molecular complexity index is 630. The van der Waals surface area contributed by atoms with Gasteiger partial charge in [-0.3, -0.25) is 9.69 Å². The van der Waals surface area contributed by atoms with E-state index in [0.29, 0.717) is 11.5 Å². The SMILES string of the molecule is CCc1nn2c(=O)cc(CN3CCOCC3)nc2s1. The van der Waals surface area contributed by atoms with Crippen molar-refractivity contribution in [2.45, 2.75) is 19.9 Å². The molecule has 3 rings (SSSR count). The molecule has 3 heterocycles. The van der Waals surface area contributed by atoms with Gasteiger partial charge in [0.2, 0.25) is 4.96 Å². The summed E-state index contributed by atoms with van der Waals surface area (Å²) >= 11 is 1.49. The van der Waals surface area contributed by atoms with Crippen molar-refractivity contribution in [1.29, 1.82) is 0 Å². The molecule has 0 atom stereocenters. The number of ether oxygens (including phenoxy) is 1. The maximum atomic E-state index is 12.0. The molecule has 0 unspecified atom stereocenters. The van der Waals surface area contributed by atoms with Crippen molar-refractivity contribution in [3.05, 3.63) is 27.1 Å². The highest BCUT2D eigenvalue weighted by Crippen LogP contribution is 2.12. The molecule has 6 nitrogen and oxygen atoms in total. The van der Waals surface area contributed by atoms with Crippen molar-refractivity contribution in [2.24, 2.45) is 0 Å². The smallest absolute Gasteiger partial charge is 0.275 e. The van der Waals surface area contributed by atoms with Crippen molar-refractivity contribution in [3.63, 3.8) is 0 Å². The molecule has 0 aliphatic carbocycles. The minimum Gasteiger partial charge on any atom is -0.379 e. The second-order valence-electron chi connectivity index (χ2n) is 4.52. The summed E-state index contributed by atoms with van der Waals surface area (Å²) in [6.45, 7) is 6.02. The summed E-state index contributed by atoms with van der Waals surface area (Å²) in [5.74, 6) is 0. The van der Waals surface area contributed by atoms with Crippen molar-refractivity contribution in [2.75, 3.05) is 26.3 Å². The lowest BCUT2D eigenvalue weighted by atomic mass is 10.3. The van der Waals surface area contributed by atoms with Gasteiger partial charge in [-0.15, -0.1) is 0 Å². The van der Waals surface area contributed by atoms with Gasteiger partial charge >= 0.3 is 0 Å². The van der Waals surface area contributed by atoms with E-state index in [2.05, 4.69) is 15.0 Å². The van der Waals surface area contributed by atoms with Crippen LogP contribution in [0.4, 0.5) is 0 Å². The molecule has 2 aromatic heterocycles. The minimum atomic E-state index is -0.0933. The summed E-state index contributed by atoms with van der Waals surface area (Å²) in [6.07, 6.45) is 0.826. The number of aromatic nitrogens is 3. The lowest BCUT2D eigenvalue weighted by Crippen LogP contribution is -2.36. The highest BCUT2D eigenvalue weighted by atomic mass is 32.1. The van der Waals surface area contributed by atoms with Gasteiger partial charge < -0.3 is 4.74 Å². The third kappa shape index (κ3) is 2.68. The van der Waals surface area contributed by atoms with Gasteiger partial charge in [0.15, 0.2) is 0 Å². The standard InChI is InChI=1S/C12H16N4O2S/c1-2-10-14-16-11(17)7-9(13-12(16)19-10)8-15-3-5-18-6-4-15/h7H,2-6,8H2,1H3. The zero-order valence-corrected chi connectivity index (χ0v) is 11.7. The van der Waals surface area contributed by atoms with Crippen LogP contribution in [0.25, 0.3) is 4.96 Å². The van der Waals surface area contributed by atoms with E-state index >= 15 is 0 Å². The van der Waals surface area contributed by atoms with E-state index < -0.39 is 0 Å². The van der Waals surface area contributed by atoms with Crippen LogP contribution in [0.1, 0.15) is 17.6 Å². The average Bonchev–Trinajstić information content (AvgIpc) is 2.83. The zero-order valence-electron chi connectivity index (χ0n) is 10.8. The van der Waals surface area contributed by atoms with E-state index in [-0.39, 0.29) is 5.56 Å². The molecule has 0 aromatic carbocycles. The number of fused-ring (bicyclic) bond motifs is 1. The maximum absolute atomic E-state index is 12.0. The lowest BCUT2D eigenvalue weighted by Gasteiger charge is -2.25. The summed E-state index contributed by atoms with van der Waals surface area (Å²) < 4.78 is 6.71. The number of aryl methyl sites for hydroxylation is 1. The molecule has 102 valence electrons. The van der Waals surface area contributed by atoms with Gasteiger partial charge in [0.1, 0.15) is 5.01 Å². The van der Waals surface area contributed by atoms with Crippen LogP contribution in [0.15, 0.2) is 10.9 Å². The molecular formula is C12H16N4O2S. The lowest BCUT2D eigenvalue weighted by molar-refractivity contribution is 0.0336. The first kappa shape index (κ1) is 12.7. The van der Waals surface area contributed by atoms with E-state index in [1.54, 1.807) is 6.07 Å². The third-order valence-corrected chi connectivity index (χ3v) is 4.18. The van der Waals surface area contributed by atoms with Gasteiger partial charge in [-0.25, -0.2) is 4.98 Å². The number of hydrogen-bond acceptors (Lipinski definition) is 6. The monoisotopic (exact) mass is 280 g/mol. The summed E-state index contributed by atoms with van der Waals surface area (Å²) in [5.41, 5.74) is 0.724. The Balaban J connectivity index is 1.89. The minimum absolute atomic E-state index is 0.0933. The Kier molecular flexibility index (Phi) is 3.58. The van der Waals surface area contributed by atoms with Gasteiger partial charge in [-0.05, 0) is 6.42 Å². The first-order chi connectivity index (χ1) is 9.26. The number of rotatable bonds is 3. The molecule has 0 amide bonds. The predicted octanol–water partition coefficient (Wildman–Crippen LogP) is 0.546. The van der Waals surface area contributed by atoms with Crippen LogP contribution in [0.2, 0.25) is 0 Å². The van der Waals surface area contributed by atoms with Crippen LogP contribution in [-0.2, 0) is 17.7 Å². The molecule has 1 aliphatic rings. The Morgan fingerprint density at radius 1 is 1.42 bits per heavy atom. The van der Waals surface area contributed by atoms with Crippen LogP contribution in [0.5, 0.6) is 0 Å². The maximum Gasteiger partial charge on any atom is 0.275 e. The fourth-order valence-corrected chi connectivity index (χ4v) is 2.97. The molecule has 0 bridgehead atoms. The Morgan fingerprint density at radius 2 is 2.21 bits per heavy atom. The molecule has 2 aromatic rings. The number of morpholine rings is 1. The van der Waals surface area contributed by atoms with Crippen LogP contribution in [0.3, 0.4) is 0 Å². The van der Waals surface area contributed by atoms with Gasteiger partial charge in [0.25, 0.3) is 5.56 Å². The first-order valence-corrected chi connectivity index (χ1v) is 7.26. The molecule has 0 radical (unpaired) electrons. The van der Waals surface area contributed by atoms with Gasteiger partial charge in [0, 0.05) is 25.7 Å². The second kappa shape index (κ2) is 5.36. The molecule has 0 N–H and O–H groups in total. The summed E-state index contributed by atoms with van der Waals surface area (Å²) in [4.78, 5) is 19.5. The van der Waals surface area contributed by atoms with E-state index in [4.69, 9.17) is 4.74 Å². The van der Waals surface area contributed by atoms with Crippen LogP contribution in [0, 0.1) is 0 Å². The Labute approximate surface area is 114 Å². The first-order valence-electron chi connectivity index (χ1n) is 6.45. The summed E-state index contributed by atoms with van der Waals surface area (Å²) in [7, 11) is 0. The summed E-state index contributed by atoms with van der Waals surface area (Å²) in [6, 6.07) is 1.58. The van der Waals surface area contributed by atoms with Crippen molar-refractivity contribution in [1.82, 2.24) is 19.5 Å². The molecular weight excluding hydrogens is 264 g/mol. The highest BCUT2D eigenvalue weighted by molar-refractivity contribution is 7.16. The van der Waals surface area contributed by atoms with Crippen molar-refractivity contribution < 1.29 is 4.74 Å². The van der Waals surface area contributed by atoms with Crippen LogP contribution >= 0.6 is 11.3 Å². The van der Waals surface area contributed by atoms with Gasteiger partial charge in [-0.2, -0.15) is 9.61 Å². The van der Waals surface area contributed by atoms with Crippen molar-refractivity contribution in [3.8, 4) is 0 Å². The molecule has 1 aliphatic heterocycles. The third-order valence-electron chi connectivity index (χ3n) is 3.13. The van der Waals surface area contributed by atoms with E-state index in [0.717, 1.165) is 43.4 Å². The van der Waals surface area contributed by atoms with Crippen molar-refractivity contribution >= 4 is 16.3 Å². The molecule has 0 spiro atoms.